The van der Waals surface area contributed by atoms with Gasteiger partial charge in [-0.05, 0) is 24.5 Å². The van der Waals surface area contributed by atoms with Crippen LogP contribution in [0.2, 0.25) is 0 Å². The molecule has 0 aromatic heterocycles. The highest BCUT2D eigenvalue weighted by Gasteiger charge is 2.34. The van der Waals surface area contributed by atoms with Gasteiger partial charge in [0.25, 0.3) is 0 Å². The molecular formula is C13H15F3O3S. The first-order chi connectivity index (χ1) is 9.17. The van der Waals surface area contributed by atoms with Gasteiger partial charge in [-0.15, -0.1) is 0 Å². The highest BCUT2D eigenvalue weighted by Crippen LogP contribution is 2.30. The van der Waals surface area contributed by atoms with E-state index in [-0.39, 0.29) is 17.9 Å². The van der Waals surface area contributed by atoms with Crippen LogP contribution >= 0.6 is 0 Å². The maximum Gasteiger partial charge on any atom is 0.416 e. The molecule has 2 atom stereocenters. The smallest absolute Gasteiger partial charge is 0.392 e. The lowest BCUT2D eigenvalue weighted by atomic mass is 9.95. The van der Waals surface area contributed by atoms with Gasteiger partial charge in [0.1, 0.15) is 0 Å². The first-order valence-electron chi connectivity index (χ1n) is 6.22. The van der Waals surface area contributed by atoms with Crippen molar-refractivity contribution in [2.45, 2.75) is 25.1 Å². The Labute approximate surface area is 115 Å². The predicted molar refractivity (Wildman–Crippen MR) is 67.9 cm³/mol. The second-order valence-corrected chi connectivity index (χ2v) is 7.36. The zero-order valence-corrected chi connectivity index (χ0v) is 11.4. The predicted octanol–water partition coefficient (Wildman–Crippen LogP) is 2.04. The van der Waals surface area contributed by atoms with Gasteiger partial charge in [0.2, 0.25) is 0 Å². The van der Waals surface area contributed by atoms with Gasteiger partial charge < -0.3 is 5.11 Å². The summed E-state index contributed by atoms with van der Waals surface area (Å²) >= 11 is 0. The minimum Gasteiger partial charge on any atom is -0.392 e. The molecule has 0 aliphatic carbocycles. The van der Waals surface area contributed by atoms with Crippen molar-refractivity contribution in [2.24, 2.45) is 5.92 Å². The minimum absolute atomic E-state index is 0.0319. The summed E-state index contributed by atoms with van der Waals surface area (Å²) in [5.74, 6) is -0.445. The van der Waals surface area contributed by atoms with Gasteiger partial charge in [-0.25, -0.2) is 8.42 Å². The van der Waals surface area contributed by atoms with E-state index >= 15 is 0 Å². The van der Waals surface area contributed by atoms with Crippen LogP contribution < -0.4 is 0 Å². The zero-order valence-electron chi connectivity index (χ0n) is 10.6. The number of benzene rings is 1. The monoisotopic (exact) mass is 308 g/mol. The maximum absolute atomic E-state index is 12.6. The number of hydrogen-bond donors (Lipinski definition) is 1. The van der Waals surface area contributed by atoms with Crippen molar-refractivity contribution < 1.29 is 26.7 Å². The van der Waals surface area contributed by atoms with Gasteiger partial charge in [0, 0.05) is 5.92 Å². The van der Waals surface area contributed by atoms with E-state index in [1.165, 1.54) is 12.1 Å². The molecule has 1 aliphatic rings. The number of halogens is 3. The van der Waals surface area contributed by atoms with E-state index in [1.54, 1.807) is 0 Å². The molecule has 2 rings (SSSR count). The molecule has 1 fully saturated rings. The largest absolute Gasteiger partial charge is 0.416 e. The molecule has 0 radical (unpaired) electrons. The van der Waals surface area contributed by atoms with Crippen LogP contribution in [0.15, 0.2) is 24.3 Å². The molecule has 0 spiro atoms. The first-order valence-corrected chi connectivity index (χ1v) is 8.04. The Balaban J connectivity index is 2.07. The highest BCUT2D eigenvalue weighted by molar-refractivity contribution is 7.91. The SMILES string of the molecule is O=S1(=O)CCC(C(O)Cc2cccc(C(F)(F)F)c2)C1. The van der Waals surface area contributed by atoms with Crippen LogP contribution in [0.1, 0.15) is 17.5 Å². The van der Waals surface area contributed by atoms with Crippen molar-refractivity contribution in [1.29, 1.82) is 0 Å². The Morgan fingerprint density at radius 2 is 2.05 bits per heavy atom. The standard InChI is InChI=1S/C13H15F3O3S/c14-13(15,16)11-3-1-2-9(6-11)7-12(17)10-4-5-20(18,19)8-10/h1-3,6,10,12,17H,4-5,7-8H2. The summed E-state index contributed by atoms with van der Waals surface area (Å²) in [5, 5.41) is 9.98. The summed E-state index contributed by atoms with van der Waals surface area (Å²) in [4.78, 5) is 0. The van der Waals surface area contributed by atoms with Gasteiger partial charge >= 0.3 is 6.18 Å². The molecule has 1 N–H and O–H groups in total. The second-order valence-electron chi connectivity index (χ2n) is 5.13. The summed E-state index contributed by atoms with van der Waals surface area (Å²) in [7, 11) is -3.10. The molecule has 1 aliphatic heterocycles. The zero-order chi connectivity index (χ0) is 15.0. The third-order valence-electron chi connectivity index (χ3n) is 3.51. The van der Waals surface area contributed by atoms with Gasteiger partial charge in [-0.1, -0.05) is 18.2 Å². The summed E-state index contributed by atoms with van der Waals surface area (Å²) < 4.78 is 60.3. The average molecular weight is 308 g/mol. The van der Waals surface area contributed by atoms with Crippen molar-refractivity contribution in [2.75, 3.05) is 11.5 Å². The van der Waals surface area contributed by atoms with Gasteiger partial charge in [0.15, 0.2) is 9.84 Å². The molecule has 0 bridgehead atoms. The summed E-state index contributed by atoms with van der Waals surface area (Å²) in [5.41, 5.74) is -0.405. The van der Waals surface area contributed by atoms with Crippen LogP contribution in [0, 0.1) is 5.92 Å². The van der Waals surface area contributed by atoms with Crippen LogP contribution in [0.25, 0.3) is 0 Å². The van der Waals surface area contributed by atoms with E-state index < -0.39 is 33.6 Å². The molecule has 0 amide bonds. The van der Waals surface area contributed by atoms with Crippen molar-refractivity contribution in [3.8, 4) is 0 Å². The lowest BCUT2D eigenvalue weighted by molar-refractivity contribution is -0.137. The van der Waals surface area contributed by atoms with E-state index in [0.29, 0.717) is 12.0 Å². The maximum atomic E-state index is 12.6. The Morgan fingerprint density at radius 3 is 2.60 bits per heavy atom. The summed E-state index contributed by atoms with van der Waals surface area (Å²) in [6.07, 6.45) is -4.96. The van der Waals surface area contributed by atoms with Gasteiger partial charge in [0.05, 0.1) is 23.2 Å². The topological polar surface area (TPSA) is 54.4 Å². The molecule has 0 saturated carbocycles. The molecule has 1 aromatic rings. The van der Waals surface area contributed by atoms with Crippen LogP contribution in [-0.4, -0.2) is 31.1 Å². The average Bonchev–Trinajstić information content (AvgIpc) is 2.69. The number of sulfone groups is 1. The Bertz CT molecular complexity index is 581. The quantitative estimate of drug-likeness (QED) is 0.930. The number of rotatable bonds is 3. The van der Waals surface area contributed by atoms with Crippen molar-refractivity contribution in [3.05, 3.63) is 35.4 Å². The molecule has 20 heavy (non-hydrogen) atoms. The Hall–Kier alpha value is -1.08. The fraction of sp³-hybridized carbons (Fsp3) is 0.538. The molecule has 2 unspecified atom stereocenters. The second kappa shape index (κ2) is 5.37. The third kappa shape index (κ3) is 3.73. The highest BCUT2D eigenvalue weighted by atomic mass is 32.2. The third-order valence-corrected chi connectivity index (χ3v) is 5.30. The van der Waals surface area contributed by atoms with Crippen LogP contribution in [0.3, 0.4) is 0 Å². The fourth-order valence-corrected chi connectivity index (χ4v) is 4.28. The molecule has 3 nitrogen and oxygen atoms in total. The van der Waals surface area contributed by atoms with Gasteiger partial charge in [-0.2, -0.15) is 13.2 Å². The number of hydrogen-bond acceptors (Lipinski definition) is 3. The Morgan fingerprint density at radius 1 is 1.35 bits per heavy atom. The van der Waals surface area contributed by atoms with E-state index in [0.717, 1.165) is 12.1 Å². The van der Waals surface area contributed by atoms with E-state index in [2.05, 4.69) is 0 Å². The van der Waals surface area contributed by atoms with Crippen molar-refractivity contribution in [1.82, 2.24) is 0 Å². The number of aliphatic hydroxyl groups excluding tert-OH is 1. The summed E-state index contributed by atoms with van der Waals surface area (Å²) in [6.45, 7) is 0. The van der Waals surface area contributed by atoms with Crippen LogP contribution in [0.4, 0.5) is 13.2 Å². The molecular weight excluding hydrogens is 293 g/mol. The fourth-order valence-electron chi connectivity index (χ4n) is 2.41. The number of alkyl halides is 3. The minimum atomic E-state index is -4.42. The molecule has 1 saturated heterocycles. The lowest BCUT2D eigenvalue weighted by Gasteiger charge is -2.17. The van der Waals surface area contributed by atoms with Crippen LogP contribution in [0.5, 0.6) is 0 Å². The Kier molecular flexibility index (Phi) is 4.11. The van der Waals surface area contributed by atoms with Crippen molar-refractivity contribution >= 4 is 9.84 Å². The van der Waals surface area contributed by atoms with E-state index in [9.17, 15) is 26.7 Å². The lowest BCUT2D eigenvalue weighted by Crippen LogP contribution is -2.24. The molecule has 1 aromatic carbocycles. The normalized spacial score (nSPS) is 23.7. The van der Waals surface area contributed by atoms with Crippen LogP contribution in [-0.2, 0) is 22.4 Å². The van der Waals surface area contributed by atoms with Gasteiger partial charge in [-0.3, -0.25) is 0 Å². The first kappa shape index (κ1) is 15.3. The number of aliphatic hydroxyl groups is 1. The molecule has 1 heterocycles. The summed E-state index contributed by atoms with van der Waals surface area (Å²) in [6, 6.07) is 4.75. The van der Waals surface area contributed by atoms with E-state index in [4.69, 9.17) is 0 Å². The van der Waals surface area contributed by atoms with E-state index in [1.807, 2.05) is 0 Å². The molecule has 112 valence electrons. The van der Waals surface area contributed by atoms with Crippen molar-refractivity contribution in [3.63, 3.8) is 0 Å². The molecule has 7 heteroatoms.